The number of rotatable bonds is 7. The van der Waals surface area contributed by atoms with Gasteiger partial charge in [-0.15, -0.1) is 0 Å². The third-order valence-corrected chi connectivity index (χ3v) is 3.35. The largest absolute Gasteiger partial charge is 0.497 e. The summed E-state index contributed by atoms with van der Waals surface area (Å²) in [6, 6.07) is 11.6. The Morgan fingerprint density at radius 1 is 0.958 bits per heavy atom. The lowest BCUT2D eigenvalue weighted by molar-refractivity contribution is 0.414. The minimum absolute atomic E-state index is 0.500. The third-order valence-electron chi connectivity index (χ3n) is 3.35. The van der Waals surface area contributed by atoms with E-state index in [1.807, 2.05) is 18.2 Å². The number of nitrogens with one attached hydrogen (secondary N) is 2. The van der Waals surface area contributed by atoms with Crippen LogP contribution in [0.15, 0.2) is 55.1 Å². The maximum Gasteiger partial charge on any atom is 0.228 e. The van der Waals surface area contributed by atoms with Gasteiger partial charge >= 0.3 is 0 Å². The Balaban J connectivity index is 1.54. The van der Waals surface area contributed by atoms with E-state index in [2.05, 4.69) is 42.7 Å². The zero-order chi connectivity index (χ0) is 16.6. The van der Waals surface area contributed by atoms with Crippen LogP contribution in [-0.2, 0) is 6.42 Å². The van der Waals surface area contributed by atoms with Gasteiger partial charge in [-0.3, -0.25) is 0 Å². The molecule has 0 spiro atoms. The second kappa shape index (κ2) is 7.87. The van der Waals surface area contributed by atoms with E-state index in [0.29, 0.717) is 11.8 Å². The molecule has 2 heterocycles. The number of aromatic nitrogens is 4. The third kappa shape index (κ3) is 4.39. The molecule has 0 aliphatic carbocycles. The standard InChI is InChI=1S/C17H18N6O/c1-24-14-5-3-13(4-6-14)7-10-18-15-11-16(22-12-21-15)23-17-19-8-2-9-20-17/h2-6,8-9,11-12H,7,10H2,1H3,(H2,18,19,20,21,22,23). The molecule has 7 nitrogen and oxygen atoms in total. The monoisotopic (exact) mass is 322 g/mol. The van der Waals surface area contributed by atoms with Crippen molar-refractivity contribution >= 4 is 17.6 Å². The van der Waals surface area contributed by atoms with E-state index >= 15 is 0 Å². The number of hydrogen-bond donors (Lipinski definition) is 2. The quantitative estimate of drug-likeness (QED) is 0.691. The zero-order valence-corrected chi connectivity index (χ0v) is 13.3. The van der Waals surface area contributed by atoms with Crippen LogP contribution >= 0.6 is 0 Å². The maximum absolute atomic E-state index is 5.16. The highest BCUT2D eigenvalue weighted by atomic mass is 16.5. The molecule has 0 amide bonds. The normalized spacial score (nSPS) is 10.2. The van der Waals surface area contributed by atoms with Crippen molar-refractivity contribution in [2.24, 2.45) is 0 Å². The molecular weight excluding hydrogens is 304 g/mol. The van der Waals surface area contributed by atoms with Crippen LogP contribution in [-0.4, -0.2) is 33.6 Å². The van der Waals surface area contributed by atoms with E-state index in [1.165, 1.54) is 11.9 Å². The molecule has 0 atom stereocenters. The summed E-state index contributed by atoms with van der Waals surface area (Å²) in [5, 5.41) is 6.32. The average molecular weight is 322 g/mol. The summed E-state index contributed by atoms with van der Waals surface area (Å²) < 4.78 is 5.16. The van der Waals surface area contributed by atoms with E-state index in [4.69, 9.17) is 4.74 Å². The molecule has 3 rings (SSSR count). The lowest BCUT2D eigenvalue weighted by atomic mass is 10.1. The van der Waals surface area contributed by atoms with Gasteiger partial charge in [-0.05, 0) is 30.2 Å². The van der Waals surface area contributed by atoms with Gasteiger partial charge in [0.05, 0.1) is 7.11 Å². The van der Waals surface area contributed by atoms with Crippen molar-refractivity contribution in [2.45, 2.75) is 6.42 Å². The minimum atomic E-state index is 0.500. The highest BCUT2D eigenvalue weighted by Crippen LogP contribution is 2.14. The fourth-order valence-corrected chi connectivity index (χ4v) is 2.13. The molecule has 0 unspecified atom stereocenters. The van der Waals surface area contributed by atoms with Crippen LogP contribution in [0.3, 0.4) is 0 Å². The Kier molecular flexibility index (Phi) is 5.14. The number of anilines is 3. The second-order valence-electron chi connectivity index (χ2n) is 5.01. The van der Waals surface area contributed by atoms with Gasteiger partial charge in [-0.2, -0.15) is 0 Å². The van der Waals surface area contributed by atoms with Gasteiger partial charge in [0.25, 0.3) is 0 Å². The number of nitrogens with zero attached hydrogens (tertiary/aromatic N) is 4. The van der Waals surface area contributed by atoms with Crippen molar-refractivity contribution in [3.05, 3.63) is 60.7 Å². The van der Waals surface area contributed by atoms with Gasteiger partial charge in [-0.25, -0.2) is 19.9 Å². The lowest BCUT2D eigenvalue weighted by Gasteiger charge is -2.08. The lowest BCUT2D eigenvalue weighted by Crippen LogP contribution is -2.07. The van der Waals surface area contributed by atoms with E-state index in [0.717, 1.165) is 24.5 Å². The smallest absolute Gasteiger partial charge is 0.228 e. The van der Waals surface area contributed by atoms with Crippen LogP contribution in [0, 0.1) is 0 Å². The predicted octanol–water partition coefficient (Wildman–Crippen LogP) is 2.67. The van der Waals surface area contributed by atoms with E-state index < -0.39 is 0 Å². The first-order chi connectivity index (χ1) is 11.8. The van der Waals surface area contributed by atoms with Crippen LogP contribution in [0.4, 0.5) is 17.6 Å². The van der Waals surface area contributed by atoms with Crippen molar-refractivity contribution in [1.82, 2.24) is 19.9 Å². The molecule has 7 heteroatoms. The molecule has 0 radical (unpaired) electrons. The fraction of sp³-hybridized carbons (Fsp3) is 0.176. The molecular formula is C17H18N6O. The Morgan fingerprint density at radius 3 is 2.46 bits per heavy atom. The van der Waals surface area contributed by atoms with Gasteiger partial charge in [-0.1, -0.05) is 12.1 Å². The summed E-state index contributed by atoms with van der Waals surface area (Å²) >= 11 is 0. The highest BCUT2D eigenvalue weighted by molar-refractivity contribution is 5.52. The summed E-state index contributed by atoms with van der Waals surface area (Å²) in [6.45, 7) is 0.768. The van der Waals surface area contributed by atoms with Gasteiger partial charge < -0.3 is 15.4 Å². The van der Waals surface area contributed by atoms with E-state index in [-0.39, 0.29) is 0 Å². The minimum Gasteiger partial charge on any atom is -0.497 e. The molecule has 2 N–H and O–H groups in total. The van der Waals surface area contributed by atoms with Gasteiger partial charge in [0, 0.05) is 25.0 Å². The molecule has 0 aliphatic heterocycles. The zero-order valence-electron chi connectivity index (χ0n) is 13.3. The van der Waals surface area contributed by atoms with Crippen LogP contribution in [0.25, 0.3) is 0 Å². The number of methoxy groups -OCH3 is 1. The molecule has 0 fully saturated rings. The number of hydrogen-bond acceptors (Lipinski definition) is 7. The van der Waals surface area contributed by atoms with Crippen molar-refractivity contribution in [3.8, 4) is 5.75 Å². The van der Waals surface area contributed by atoms with Crippen molar-refractivity contribution < 1.29 is 4.74 Å². The first-order valence-electron chi connectivity index (χ1n) is 7.56. The SMILES string of the molecule is COc1ccc(CCNc2cc(Nc3ncccn3)ncn2)cc1. The van der Waals surface area contributed by atoms with Gasteiger partial charge in [0.2, 0.25) is 5.95 Å². The van der Waals surface area contributed by atoms with Crippen molar-refractivity contribution in [1.29, 1.82) is 0 Å². The summed E-state index contributed by atoms with van der Waals surface area (Å²) in [7, 11) is 1.66. The Morgan fingerprint density at radius 2 is 1.71 bits per heavy atom. The first-order valence-corrected chi connectivity index (χ1v) is 7.56. The summed E-state index contributed by atoms with van der Waals surface area (Å²) in [5.74, 6) is 2.75. The fourth-order valence-electron chi connectivity index (χ4n) is 2.13. The Labute approximate surface area is 140 Å². The van der Waals surface area contributed by atoms with Gasteiger partial charge in [0.1, 0.15) is 23.7 Å². The molecule has 1 aromatic carbocycles. The van der Waals surface area contributed by atoms with E-state index in [1.54, 1.807) is 25.6 Å². The highest BCUT2D eigenvalue weighted by Gasteiger charge is 2.01. The van der Waals surface area contributed by atoms with Crippen molar-refractivity contribution in [2.75, 3.05) is 24.3 Å². The molecule has 0 saturated carbocycles. The van der Waals surface area contributed by atoms with E-state index in [9.17, 15) is 0 Å². The second-order valence-corrected chi connectivity index (χ2v) is 5.01. The summed E-state index contributed by atoms with van der Waals surface area (Å²) in [5.41, 5.74) is 1.23. The molecule has 3 aromatic rings. The number of ether oxygens (including phenoxy) is 1. The number of benzene rings is 1. The van der Waals surface area contributed by atoms with Crippen LogP contribution in [0.5, 0.6) is 5.75 Å². The summed E-state index contributed by atoms with van der Waals surface area (Å²) in [6.07, 6.45) is 5.73. The molecule has 122 valence electrons. The van der Waals surface area contributed by atoms with Crippen LogP contribution in [0.1, 0.15) is 5.56 Å². The average Bonchev–Trinajstić information content (AvgIpc) is 2.63. The first kappa shape index (κ1) is 15.7. The topological polar surface area (TPSA) is 84.9 Å². The molecule has 24 heavy (non-hydrogen) atoms. The molecule has 0 saturated heterocycles. The molecule has 0 bridgehead atoms. The predicted molar refractivity (Wildman–Crippen MR) is 92.5 cm³/mol. The summed E-state index contributed by atoms with van der Waals surface area (Å²) in [4.78, 5) is 16.6. The van der Waals surface area contributed by atoms with Crippen LogP contribution in [0.2, 0.25) is 0 Å². The molecule has 2 aromatic heterocycles. The maximum atomic E-state index is 5.16. The molecule has 0 aliphatic rings. The van der Waals surface area contributed by atoms with Crippen LogP contribution < -0.4 is 15.4 Å². The Hall–Kier alpha value is -3.22. The Bertz CT molecular complexity index is 764. The van der Waals surface area contributed by atoms with Crippen molar-refractivity contribution in [3.63, 3.8) is 0 Å². The van der Waals surface area contributed by atoms with Gasteiger partial charge in [0.15, 0.2) is 0 Å².